The van der Waals surface area contributed by atoms with Crippen molar-refractivity contribution in [1.82, 2.24) is 4.90 Å². The van der Waals surface area contributed by atoms with Gasteiger partial charge in [-0.3, -0.25) is 9.79 Å². The molecule has 92 valence electrons. The molecule has 0 aliphatic carbocycles. The van der Waals surface area contributed by atoms with E-state index in [0.29, 0.717) is 18.8 Å². The average Bonchev–Trinajstić information content (AvgIpc) is 2.30. The summed E-state index contributed by atoms with van der Waals surface area (Å²) >= 11 is 0. The highest BCUT2D eigenvalue weighted by molar-refractivity contribution is 5.81. The number of hydrogen-bond donors (Lipinski definition) is 1. The van der Waals surface area contributed by atoms with Crippen molar-refractivity contribution in [2.45, 2.75) is 45.4 Å². The van der Waals surface area contributed by atoms with Gasteiger partial charge in [-0.15, -0.1) is 0 Å². The summed E-state index contributed by atoms with van der Waals surface area (Å²) in [7, 11) is 0. The molecular weight excluding hydrogens is 202 g/mol. The number of aliphatic imine (C=N–C) groups is 1. The molecule has 16 heavy (non-hydrogen) atoms. The summed E-state index contributed by atoms with van der Waals surface area (Å²) in [6, 6.07) is 0. The van der Waals surface area contributed by atoms with E-state index in [9.17, 15) is 4.79 Å². The Bertz CT molecular complexity index is 245. The minimum absolute atomic E-state index is 0.229. The maximum atomic E-state index is 11.8. The lowest BCUT2D eigenvalue weighted by atomic mass is 10.1. The van der Waals surface area contributed by atoms with E-state index in [0.717, 1.165) is 38.8 Å². The second kappa shape index (κ2) is 7.25. The van der Waals surface area contributed by atoms with E-state index in [-0.39, 0.29) is 5.91 Å². The summed E-state index contributed by atoms with van der Waals surface area (Å²) in [4.78, 5) is 17.9. The number of nitrogens with zero attached hydrogens (tertiary/aromatic N) is 2. The van der Waals surface area contributed by atoms with Crippen molar-refractivity contribution in [2.24, 2.45) is 10.7 Å². The summed E-state index contributed by atoms with van der Waals surface area (Å²) in [5.41, 5.74) is 5.67. The molecular formula is C12H23N3O. The van der Waals surface area contributed by atoms with Crippen LogP contribution in [0.2, 0.25) is 0 Å². The van der Waals surface area contributed by atoms with Crippen LogP contribution >= 0.6 is 0 Å². The minimum Gasteiger partial charge on any atom is -0.387 e. The molecule has 4 nitrogen and oxygen atoms in total. The molecule has 4 heteroatoms. The molecule has 0 atom stereocenters. The van der Waals surface area contributed by atoms with Crippen LogP contribution in [-0.4, -0.2) is 36.3 Å². The number of hydrogen-bond acceptors (Lipinski definition) is 2. The lowest BCUT2D eigenvalue weighted by Gasteiger charge is -2.26. The standard InChI is InChI=1S/C12H23N3O/c1-2-6-11(13)14-8-7-12(16)15-9-4-3-5-10-15/h2-10H2,1H3,(H2,13,14). The fraction of sp³-hybridized carbons (Fsp3) is 0.833. The molecule has 1 heterocycles. The van der Waals surface area contributed by atoms with Crippen molar-refractivity contribution < 1.29 is 4.79 Å². The Morgan fingerprint density at radius 2 is 1.94 bits per heavy atom. The first-order valence-corrected chi connectivity index (χ1v) is 6.30. The molecule has 1 amide bonds. The van der Waals surface area contributed by atoms with Gasteiger partial charge in [0.05, 0.1) is 5.84 Å². The van der Waals surface area contributed by atoms with Crippen LogP contribution in [0.1, 0.15) is 45.4 Å². The Morgan fingerprint density at radius 1 is 1.25 bits per heavy atom. The zero-order chi connectivity index (χ0) is 11.8. The van der Waals surface area contributed by atoms with Crippen molar-refractivity contribution in [2.75, 3.05) is 19.6 Å². The van der Waals surface area contributed by atoms with Gasteiger partial charge in [0.2, 0.25) is 5.91 Å². The highest BCUT2D eigenvalue weighted by Gasteiger charge is 2.15. The van der Waals surface area contributed by atoms with Crippen molar-refractivity contribution in [1.29, 1.82) is 0 Å². The maximum absolute atomic E-state index is 11.8. The Hall–Kier alpha value is -1.06. The monoisotopic (exact) mass is 225 g/mol. The Labute approximate surface area is 97.9 Å². The number of carbonyl (C=O) groups excluding carboxylic acids is 1. The smallest absolute Gasteiger partial charge is 0.224 e. The molecule has 1 rings (SSSR count). The van der Waals surface area contributed by atoms with Gasteiger partial charge in [0.25, 0.3) is 0 Å². The summed E-state index contributed by atoms with van der Waals surface area (Å²) in [6.45, 7) is 4.46. The van der Waals surface area contributed by atoms with Gasteiger partial charge in [0.1, 0.15) is 0 Å². The zero-order valence-electron chi connectivity index (χ0n) is 10.2. The molecule has 0 aromatic rings. The highest BCUT2D eigenvalue weighted by Crippen LogP contribution is 2.09. The summed E-state index contributed by atoms with van der Waals surface area (Å²) in [5, 5.41) is 0. The van der Waals surface area contributed by atoms with Crippen molar-refractivity contribution >= 4 is 11.7 Å². The Morgan fingerprint density at radius 3 is 2.56 bits per heavy atom. The highest BCUT2D eigenvalue weighted by atomic mass is 16.2. The van der Waals surface area contributed by atoms with Gasteiger partial charge in [-0.1, -0.05) is 6.92 Å². The van der Waals surface area contributed by atoms with E-state index in [1.165, 1.54) is 6.42 Å². The average molecular weight is 225 g/mol. The number of piperidine rings is 1. The van der Waals surface area contributed by atoms with E-state index in [2.05, 4.69) is 11.9 Å². The molecule has 0 aromatic carbocycles. The summed E-state index contributed by atoms with van der Waals surface area (Å²) in [6.07, 6.45) is 5.89. The number of amidine groups is 1. The second-order valence-corrected chi connectivity index (χ2v) is 4.31. The molecule has 1 fully saturated rings. The number of carbonyl (C=O) groups is 1. The van der Waals surface area contributed by atoms with Crippen LogP contribution in [0.25, 0.3) is 0 Å². The number of nitrogens with two attached hydrogens (primary N) is 1. The SMILES string of the molecule is CCCC(N)=NCCC(=O)N1CCCCC1. The third kappa shape index (κ3) is 4.64. The lowest BCUT2D eigenvalue weighted by molar-refractivity contribution is -0.131. The Balaban J connectivity index is 2.21. The van der Waals surface area contributed by atoms with Crippen LogP contribution in [0.4, 0.5) is 0 Å². The molecule has 0 aromatic heterocycles. The molecule has 0 saturated carbocycles. The Kier molecular flexibility index (Phi) is 5.90. The molecule has 1 saturated heterocycles. The van der Waals surface area contributed by atoms with Crippen molar-refractivity contribution in [3.05, 3.63) is 0 Å². The van der Waals surface area contributed by atoms with Gasteiger partial charge in [0, 0.05) is 32.5 Å². The number of likely N-dealkylation sites (tertiary alicyclic amines) is 1. The van der Waals surface area contributed by atoms with Gasteiger partial charge in [0.15, 0.2) is 0 Å². The normalized spacial score (nSPS) is 17.6. The first kappa shape index (κ1) is 13.0. The van der Waals surface area contributed by atoms with Crippen LogP contribution in [0, 0.1) is 0 Å². The number of rotatable bonds is 5. The molecule has 0 radical (unpaired) electrons. The molecule has 0 bridgehead atoms. The van der Waals surface area contributed by atoms with Crippen molar-refractivity contribution in [3.8, 4) is 0 Å². The summed E-state index contributed by atoms with van der Waals surface area (Å²) < 4.78 is 0. The third-order valence-corrected chi connectivity index (χ3v) is 2.86. The van der Waals surface area contributed by atoms with E-state index < -0.39 is 0 Å². The topological polar surface area (TPSA) is 58.7 Å². The van der Waals surface area contributed by atoms with Gasteiger partial charge < -0.3 is 10.6 Å². The predicted molar refractivity (Wildman–Crippen MR) is 66.4 cm³/mol. The minimum atomic E-state index is 0.229. The fourth-order valence-corrected chi connectivity index (χ4v) is 1.93. The molecule has 2 N–H and O–H groups in total. The number of amides is 1. The van der Waals surface area contributed by atoms with E-state index in [1.54, 1.807) is 0 Å². The van der Waals surface area contributed by atoms with Crippen LogP contribution in [0.15, 0.2) is 4.99 Å². The van der Waals surface area contributed by atoms with E-state index in [4.69, 9.17) is 5.73 Å². The molecule has 1 aliphatic heterocycles. The lowest BCUT2D eigenvalue weighted by Crippen LogP contribution is -2.35. The second-order valence-electron chi connectivity index (χ2n) is 4.31. The van der Waals surface area contributed by atoms with E-state index in [1.807, 2.05) is 4.90 Å². The zero-order valence-corrected chi connectivity index (χ0v) is 10.2. The first-order valence-electron chi connectivity index (χ1n) is 6.30. The van der Waals surface area contributed by atoms with Gasteiger partial charge in [-0.2, -0.15) is 0 Å². The summed E-state index contributed by atoms with van der Waals surface area (Å²) in [5.74, 6) is 0.904. The maximum Gasteiger partial charge on any atom is 0.224 e. The molecule has 0 spiro atoms. The van der Waals surface area contributed by atoms with Crippen LogP contribution < -0.4 is 5.73 Å². The third-order valence-electron chi connectivity index (χ3n) is 2.86. The van der Waals surface area contributed by atoms with Crippen LogP contribution in [0.5, 0.6) is 0 Å². The van der Waals surface area contributed by atoms with Gasteiger partial charge in [-0.25, -0.2) is 0 Å². The fourth-order valence-electron chi connectivity index (χ4n) is 1.93. The predicted octanol–water partition coefficient (Wildman–Crippen LogP) is 1.55. The van der Waals surface area contributed by atoms with Gasteiger partial charge in [-0.05, 0) is 25.7 Å². The molecule has 1 aliphatic rings. The quantitative estimate of drug-likeness (QED) is 0.570. The van der Waals surface area contributed by atoms with Crippen LogP contribution in [0.3, 0.4) is 0 Å². The van der Waals surface area contributed by atoms with Crippen LogP contribution in [-0.2, 0) is 4.79 Å². The molecule has 0 unspecified atom stereocenters. The van der Waals surface area contributed by atoms with E-state index >= 15 is 0 Å². The van der Waals surface area contributed by atoms with Crippen molar-refractivity contribution in [3.63, 3.8) is 0 Å². The van der Waals surface area contributed by atoms with Gasteiger partial charge >= 0.3 is 0 Å². The largest absolute Gasteiger partial charge is 0.387 e. The first-order chi connectivity index (χ1) is 7.74.